The number of pyridine rings is 1. The van der Waals surface area contributed by atoms with Crippen molar-refractivity contribution in [2.75, 3.05) is 5.32 Å². The molecule has 1 atom stereocenters. The average molecular weight is 368 g/mol. The molecule has 132 valence electrons. The summed E-state index contributed by atoms with van der Waals surface area (Å²) in [7, 11) is 0. The molecule has 1 heterocycles. The summed E-state index contributed by atoms with van der Waals surface area (Å²) in [5.74, 6) is -1.83. The van der Waals surface area contributed by atoms with E-state index in [9.17, 15) is 9.59 Å². The van der Waals surface area contributed by atoms with Crippen LogP contribution in [-0.2, 0) is 16.0 Å². The summed E-state index contributed by atoms with van der Waals surface area (Å²) in [6.45, 7) is 1.46. The fourth-order valence-electron chi connectivity index (χ4n) is 2.72. The van der Waals surface area contributed by atoms with Crippen LogP contribution in [0.4, 0.5) is 5.82 Å². The second-order valence-corrected chi connectivity index (χ2v) is 6.41. The zero-order valence-electron chi connectivity index (χ0n) is 14.2. The Morgan fingerprint density at radius 1 is 1.08 bits per heavy atom. The van der Waals surface area contributed by atoms with Gasteiger partial charge in [0.1, 0.15) is 16.9 Å². The first-order valence-electron chi connectivity index (χ1n) is 8.18. The van der Waals surface area contributed by atoms with E-state index in [-0.39, 0.29) is 0 Å². The van der Waals surface area contributed by atoms with Crippen molar-refractivity contribution in [2.45, 2.75) is 13.3 Å². The first-order valence-corrected chi connectivity index (χ1v) is 8.56. The minimum atomic E-state index is -0.966. The van der Waals surface area contributed by atoms with Crippen LogP contribution in [0.5, 0.6) is 0 Å². The van der Waals surface area contributed by atoms with Gasteiger partial charge in [-0.05, 0) is 17.9 Å². The molecule has 0 bridgehead atoms. The van der Waals surface area contributed by atoms with Crippen molar-refractivity contribution >= 4 is 40.0 Å². The topological polar surface area (TPSA) is 85.1 Å². The lowest BCUT2D eigenvalue weighted by Gasteiger charge is -2.16. The van der Waals surface area contributed by atoms with E-state index in [0.717, 1.165) is 21.9 Å². The Balaban J connectivity index is 2.10. The quantitative estimate of drug-likeness (QED) is 0.534. The van der Waals surface area contributed by atoms with Crippen LogP contribution in [0.2, 0.25) is 5.15 Å². The normalized spacial score (nSPS) is 11.9. The maximum absolute atomic E-state index is 12.3. The molecule has 2 amide bonds. The van der Waals surface area contributed by atoms with Gasteiger partial charge in [-0.15, -0.1) is 0 Å². The lowest BCUT2D eigenvalue weighted by Crippen LogP contribution is -2.32. The summed E-state index contributed by atoms with van der Waals surface area (Å²) < 4.78 is 0. The first-order chi connectivity index (χ1) is 12.5. The Hall–Kier alpha value is -2.92. The molecule has 2 aromatic carbocycles. The van der Waals surface area contributed by atoms with E-state index in [1.165, 1.54) is 6.92 Å². The SMILES string of the molecule is CC(C(N)=O)C(=O)Nc1nc(Cl)c2ccccc2c1Cc1ccccc1. The number of halogens is 1. The van der Waals surface area contributed by atoms with Crippen LogP contribution in [-0.4, -0.2) is 16.8 Å². The molecule has 3 rings (SSSR count). The Bertz CT molecular complexity index is 973. The fraction of sp³-hybridized carbons (Fsp3) is 0.150. The molecular formula is C20H18ClN3O2. The highest BCUT2D eigenvalue weighted by atomic mass is 35.5. The fourth-order valence-corrected chi connectivity index (χ4v) is 2.97. The van der Waals surface area contributed by atoms with Crippen LogP contribution in [0.1, 0.15) is 18.1 Å². The molecule has 0 aliphatic carbocycles. The predicted octanol–water partition coefficient (Wildman–Crippen LogP) is 3.54. The highest BCUT2D eigenvalue weighted by Gasteiger charge is 2.22. The number of fused-ring (bicyclic) bond motifs is 1. The van der Waals surface area contributed by atoms with Gasteiger partial charge < -0.3 is 11.1 Å². The van der Waals surface area contributed by atoms with Crippen molar-refractivity contribution < 1.29 is 9.59 Å². The number of nitrogens with two attached hydrogens (primary N) is 1. The Labute approximate surface area is 156 Å². The number of aromatic nitrogens is 1. The van der Waals surface area contributed by atoms with E-state index in [4.69, 9.17) is 17.3 Å². The lowest BCUT2D eigenvalue weighted by atomic mass is 9.99. The lowest BCUT2D eigenvalue weighted by molar-refractivity contribution is -0.129. The number of nitrogens with zero attached hydrogens (tertiary/aromatic N) is 1. The van der Waals surface area contributed by atoms with Gasteiger partial charge in [0.05, 0.1) is 0 Å². The number of hydrogen-bond acceptors (Lipinski definition) is 3. The minimum Gasteiger partial charge on any atom is -0.369 e. The molecule has 0 radical (unpaired) electrons. The summed E-state index contributed by atoms with van der Waals surface area (Å²) >= 11 is 6.31. The first kappa shape index (κ1) is 17.9. The van der Waals surface area contributed by atoms with Gasteiger partial charge in [0.2, 0.25) is 11.8 Å². The third-order valence-corrected chi connectivity index (χ3v) is 4.54. The minimum absolute atomic E-state index is 0.291. The third-order valence-electron chi connectivity index (χ3n) is 4.26. The van der Waals surface area contributed by atoms with E-state index in [1.807, 2.05) is 54.6 Å². The van der Waals surface area contributed by atoms with Gasteiger partial charge in [-0.25, -0.2) is 4.98 Å². The van der Waals surface area contributed by atoms with Gasteiger partial charge in [-0.2, -0.15) is 0 Å². The van der Waals surface area contributed by atoms with Gasteiger partial charge in [0.25, 0.3) is 0 Å². The molecule has 3 aromatic rings. The second kappa shape index (κ2) is 7.54. The maximum Gasteiger partial charge on any atom is 0.237 e. The molecule has 1 unspecified atom stereocenters. The molecule has 0 aliphatic rings. The van der Waals surface area contributed by atoms with Crippen molar-refractivity contribution in [3.8, 4) is 0 Å². The summed E-state index contributed by atoms with van der Waals surface area (Å²) in [5, 5.41) is 4.71. The molecular weight excluding hydrogens is 350 g/mol. The van der Waals surface area contributed by atoms with Crippen molar-refractivity contribution in [2.24, 2.45) is 11.7 Å². The van der Waals surface area contributed by atoms with Crippen molar-refractivity contribution in [1.29, 1.82) is 0 Å². The standard InChI is InChI=1S/C20H18ClN3O2/c1-12(18(22)25)20(26)24-19-16(11-13-7-3-2-4-8-13)14-9-5-6-10-15(14)17(21)23-19/h2-10,12H,11H2,1H3,(H2,22,25)(H,23,24,26). The van der Waals surface area contributed by atoms with Crippen LogP contribution in [0.3, 0.4) is 0 Å². The Kier molecular flexibility index (Phi) is 5.19. The third kappa shape index (κ3) is 3.68. The number of primary amides is 1. The van der Waals surface area contributed by atoms with Gasteiger partial charge in [0, 0.05) is 17.4 Å². The van der Waals surface area contributed by atoms with Crippen LogP contribution in [0, 0.1) is 5.92 Å². The second-order valence-electron chi connectivity index (χ2n) is 6.05. The number of amides is 2. The van der Waals surface area contributed by atoms with E-state index in [0.29, 0.717) is 17.4 Å². The zero-order chi connectivity index (χ0) is 18.7. The Morgan fingerprint density at radius 2 is 1.69 bits per heavy atom. The van der Waals surface area contributed by atoms with Crippen LogP contribution in [0.25, 0.3) is 10.8 Å². The number of nitrogens with one attached hydrogen (secondary N) is 1. The van der Waals surface area contributed by atoms with E-state index in [2.05, 4.69) is 10.3 Å². The van der Waals surface area contributed by atoms with E-state index >= 15 is 0 Å². The number of benzene rings is 2. The highest BCUT2D eigenvalue weighted by molar-refractivity contribution is 6.34. The molecule has 0 saturated carbocycles. The van der Waals surface area contributed by atoms with Crippen LogP contribution >= 0.6 is 11.6 Å². The van der Waals surface area contributed by atoms with E-state index in [1.54, 1.807) is 0 Å². The Morgan fingerprint density at radius 3 is 2.35 bits per heavy atom. The molecule has 3 N–H and O–H groups in total. The van der Waals surface area contributed by atoms with Gasteiger partial charge in [0.15, 0.2) is 0 Å². The highest BCUT2D eigenvalue weighted by Crippen LogP contribution is 2.31. The molecule has 1 aromatic heterocycles. The van der Waals surface area contributed by atoms with Crippen molar-refractivity contribution in [1.82, 2.24) is 4.98 Å². The van der Waals surface area contributed by atoms with Crippen LogP contribution in [0.15, 0.2) is 54.6 Å². The summed E-state index contributed by atoms with van der Waals surface area (Å²) in [6, 6.07) is 17.5. The smallest absolute Gasteiger partial charge is 0.237 e. The summed E-state index contributed by atoms with van der Waals surface area (Å²) in [4.78, 5) is 28.0. The number of hydrogen-bond donors (Lipinski definition) is 2. The maximum atomic E-state index is 12.3. The zero-order valence-corrected chi connectivity index (χ0v) is 15.0. The molecule has 6 heteroatoms. The van der Waals surface area contributed by atoms with Crippen molar-refractivity contribution in [3.63, 3.8) is 0 Å². The van der Waals surface area contributed by atoms with E-state index < -0.39 is 17.7 Å². The average Bonchev–Trinajstić information content (AvgIpc) is 2.65. The van der Waals surface area contributed by atoms with Crippen molar-refractivity contribution in [3.05, 3.63) is 70.9 Å². The van der Waals surface area contributed by atoms with Gasteiger partial charge in [-0.3, -0.25) is 9.59 Å². The number of carbonyl (C=O) groups is 2. The summed E-state index contributed by atoms with van der Waals surface area (Å²) in [5.41, 5.74) is 7.13. The number of anilines is 1. The van der Waals surface area contributed by atoms with Gasteiger partial charge >= 0.3 is 0 Å². The molecule has 0 aliphatic heterocycles. The van der Waals surface area contributed by atoms with Gasteiger partial charge in [-0.1, -0.05) is 66.2 Å². The number of rotatable bonds is 5. The predicted molar refractivity (Wildman–Crippen MR) is 103 cm³/mol. The molecule has 0 fully saturated rings. The largest absolute Gasteiger partial charge is 0.369 e. The molecule has 5 nitrogen and oxygen atoms in total. The molecule has 0 spiro atoms. The number of carbonyl (C=O) groups excluding carboxylic acids is 2. The monoisotopic (exact) mass is 367 g/mol. The van der Waals surface area contributed by atoms with Crippen LogP contribution < -0.4 is 11.1 Å². The molecule has 0 saturated heterocycles. The summed E-state index contributed by atoms with van der Waals surface area (Å²) in [6.07, 6.45) is 0.562. The molecule has 26 heavy (non-hydrogen) atoms.